The third kappa shape index (κ3) is 8.48. The lowest BCUT2D eigenvalue weighted by molar-refractivity contribution is 0.415. The molecular formula is C48H36N6O6. The molecule has 0 saturated carbocycles. The number of methoxy groups -OCH3 is 2. The number of phenols is 2. The van der Waals surface area contributed by atoms with Gasteiger partial charge in [-0.25, -0.2) is 9.98 Å². The minimum Gasteiger partial charge on any atom is -0.508 e. The van der Waals surface area contributed by atoms with E-state index in [9.17, 15) is 20.4 Å². The van der Waals surface area contributed by atoms with E-state index < -0.39 is 0 Å². The molecule has 0 radical (unpaired) electrons. The summed E-state index contributed by atoms with van der Waals surface area (Å²) in [5.74, 6) is 0.582. The molecule has 0 amide bonds. The molecule has 0 heterocycles. The summed E-state index contributed by atoms with van der Waals surface area (Å²) >= 11 is 0. The minimum absolute atomic E-state index is 0.0424. The Kier molecular flexibility index (Phi) is 10.9. The van der Waals surface area contributed by atoms with Crippen LogP contribution in [0.4, 0.5) is 34.1 Å². The fourth-order valence-corrected chi connectivity index (χ4v) is 6.60. The molecule has 294 valence electrons. The molecule has 0 aliphatic carbocycles. The first-order valence-corrected chi connectivity index (χ1v) is 18.6. The number of aliphatic imine (C=N–C) groups is 2. The highest BCUT2D eigenvalue weighted by Crippen LogP contribution is 2.39. The molecule has 4 N–H and O–H groups in total. The van der Waals surface area contributed by atoms with Crippen molar-refractivity contribution in [2.45, 2.75) is 0 Å². The molecule has 12 nitrogen and oxygen atoms in total. The zero-order valence-electron chi connectivity index (χ0n) is 32.3. The summed E-state index contributed by atoms with van der Waals surface area (Å²) in [5, 5.41) is 63.2. The van der Waals surface area contributed by atoms with E-state index >= 15 is 0 Å². The number of aliphatic hydroxyl groups excluding tert-OH is 2. The number of aliphatic hydroxyl groups is 2. The van der Waals surface area contributed by atoms with Gasteiger partial charge in [0.25, 0.3) is 0 Å². The van der Waals surface area contributed by atoms with Crippen molar-refractivity contribution >= 4 is 67.5 Å². The number of azo groups is 2. The van der Waals surface area contributed by atoms with Crippen molar-refractivity contribution in [2.24, 2.45) is 30.4 Å². The number of aromatic hydroxyl groups is 2. The highest BCUT2D eigenvalue weighted by Gasteiger charge is 2.13. The molecule has 8 aromatic carbocycles. The first-order valence-electron chi connectivity index (χ1n) is 18.6. The molecule has 60 heavy (non-hydrogen) atoms. The van der Waals surface area contributed by atoms with Crippen LogP contribution in [-0.4, -0.2) is 46.4 Å². The Labute approximate surface area is 344 Å². The number of rotatable bonds is 11. The van der Waals surface area contributed by atoms with E-state index in [4.69, 9.17) is 9.47 Å². The molecule has 0 unspecified atom stereocenters. The molecule has 0 aromatic heterocycles. The molecule has 0 saturated heterocycles. The summed E-state index contributed by atoms with van der Waals surface area (Å²) in [7, 11) is 3.12. The second-order valence-corrected chi connectivity index (χ2v) is 13.5. The molecule has 8 rings (SSSR count). The van der Waals surface area contributed by atoms with Gasteiger partial charge < -0.3 is 29.9 Å². The van der Waals surface area contributed by atoms with E-state index in [0.29, 0.717) is 56.8 Å². The maximum Gasteiger partial charge on any atom is 0.218 e. The van der Waals surface area contributed by atoms with Crippen LogP contribution in [0.25, 0.3) is 32.7 Å². The third-order valence-electron chi connectivity index (χ3n) is 9.55. The highest BCUT2D eigenvalue weighted by atomic mass is 16.5. The van der Waals surface area contributed by atoms with Crippen molar-refractivity contribution in [1.82, 2.24) is 0 Å². The molecule has 0 fully saturated rings. The van der Waals surface area contributed by atoms with Gasteiger partial charge in [0.15, 0.2) is 0 Å². The molecule has 0 aliphatic heterocycles. The lowest BCUT2D eigenvalue weighted by Crippen LogP contribution is -1.98. The zero-order chi connectivity index (χ0) is 41.6. The monoisotopic (exact) mass is 792 g/mol. The average Bonchev–Trinajstić information content (AvgIpc) is 3.27. The topological polar surface area (TPSA) is 174 Å². The van der Waals surface area contributed by atoms with Gasteiger partial charge in [0.05, 0.1) is 37.0 Å². The quantitative estimate of drug-likeness (QED) is 0.0576. The van der Waals surface area contributed by atoms with Crippen molar-refractivity contribution in [3.63, 3.8) is 0 Å². The third-order valence-corrected chi connectivity index (χ3v) is 9.55. The summed E-state index contributed by atoms with van der Waals surface area (Å²) in [5.41, 5.74) is 5.31. The molecule has 0 spiro atoms. The summed E-state index contributed by atoms with van der Waals surface area (Å²) in [6, 6.07) is 46.1. The van der Waals surface area contributed by atoms with Gasteiger partial charge in [-0.05, 0) is 94.7 Å². The summed E-state index contributed by atoms with van der Waals surface area (Å²) in [4.78, 5) is 8.56. The Balaban J connectivity index is 1.07. The van der Waals surface area contributed by atoms with Crippen molar-refractivity contribution in [1.29, 1.82) is 0 Å². The highest BCUT2D eigenvalue weighted by molar-refractivity contribution is 6.04. The van der Waals surface area contributed by atoms with Gasteiger partial charge in [0, 0.05) is 34.0 Å². The van der Waals surface area contributed by atoms with Crippen molar-refractivity contribution < 1.29 is 29.9 Å². The van der Waals surface area contributed by atoms with E-state index in [1.54, 1.807) is 50.6 Å². The molecule has 8 aromatic rings. The van der Waals surface area contributed by atoms with Crippen molar-refractivity contribution in [2.75, 3.05) is 14.2 Å². The van der Waals surface area contributed by atoms with Gasteiger partial charge in [-0.1, -0.05) is 72.8 Å². The number of ether oxygens (including phenoxy) is 2. The Morgan fingerprint density at radius 1 is 0.417 bits per heavy atom. The Bertz CT molecular complexity index is 2830. The Hall–Kier alpha value is -8.38. The SMILES string of the molecule is COc1cc(-c2ccc(N=Nc3cc(C(O)=Nc4cccc(O)c4)cc4ccccc34)c(OC)c2)ccc1N=Nc1cc(C(O)=Nc2cccc(O)c2)cc2ccccc12. The van der Waals surface area contributed by atoms with Gasteiger partial charge in [-0.3, -0.25) is 0 Å². The summed E-state index contributed by atoms with van der Waals surface area (Å²) < 4.78 is 11.5. The smallest absolute Gasteiger partial charge is 0.218 e. The van der Waals surface area contributed by atoms with E-state index in [-0.39, 0.29) is 23.3 Å². The maximum absolute atomic E-state index is 10.9. The number of phenolic OH excluding ortho intramolecular Hbond substituents is 2. The predicted octanol–water partition coefficient (Wildman–Crippen LogP) is 13.2. The van der Waals surface area contributed by atoms with E-state index in [1.807, 2.05) is 97.1 Å². The number of hydrogen-bond donors (Lipinski definition) is 4. The predicted molar refractivity (Wildman–Crippen MR) is 235 cm³/mol. The van der Waals surface area contributed by atoms with Crippen LogP contribution >= 0.6 is 0 Å². The Morgan fingerprint density at radius 2 is 0.833 bits per heavy atom. The molecule has 0 aliphatic rings. The standard InChI is InChI=1S/C48H36N6O6/c1-59-45-25-29(17-19-41(45)51-53-43-23-33(21-31-9-3-5-15-39(31)43)47(57)49-35-11-7-13-37(55)27-35)30-18-20-42(46(26-30)60-2)52-54-44-24-34(22-32-10-4-6-16-40(32)44)48(58)50-36-12-8-14-38(56)28-36/h3-28,55-56H,1-2H3,(H,49,57)(H,50,58). The van der Waals surface area contributed by atoms with Crippen molar-refractivity contribution in [3.05, 3.63) is 169 Å². The number of nitrogens with zero attached hydrogens (tertiary/aromatic N) is 6. The van der Waals surface area contributed by atoms with Crippen LogP contribution < -0.4 is 9.47 Å². The van der Waals surface area contributed by atoms with Crippen LogP contribution in [-0.2, 0) is 0 Å². The van der Waals surface area contributed by atoms with Crippen LogP contribution in [0.1, 0.15) is 11.1 Å². The summed E-state index contributed by atoms with van der Waals surface area (Å²) in [6.45, 7) is 0. The van der Waals surface area contributed by atoms with Crippen LogP contribution in [0.3, 0.4) is 0 Å². The van der Waals surface area contributed by atoms with Crippen molar-refractivity contribution in [3.8, 4) is 34.1 Å². The van der Waals surface area contributed by atoms with Gasteiger partial charge >= 0.3 is 0 Å². The Morgan fingerprint density at radius 3 is 1.25 bits per heavy atom. The van der Waals surface area contributed by atoms with Gasteiger partial charge in [0.2, 0.25) is 11.8 Å². The van der Waals surface area contributed by atoms with Crippen LogP contribution in [0.5, 0.6) is 23.0 Å². The van der Waals surface area contributed by atoms with Gasteiger partial charge in [-0.15, -0.1) is 20.5 Å². The van der Waals surface area contributed by atoms with E-state index in [1.165, 1.54) is 24.3 Å². The van der Waals surface area contributed by atoms with Gasteiger partial charge in [-0.2, -0.15) is 0 Å². The van der Waals surface area contributed by atoms with Crippen LogP contribution in [0, 0.1) is 0 Å². The minimum atomic E-state index is -0.233. The van der Waals surface area contributed by atoms with Gasteiger partial charge in [0.1, 0.15) is 34.4 Å². The maximum atomic E-state index is 10.9. The normalized spacial score (nSPS) is 12.2. The zero-order valence-corrected chi connectivity index (χ0v) is 32.3. The first-order chi connectivity index (χ1) is 29.2. The molecule has 0 bridgehead atoms. The summed E-state index contributed by atoms with van der Waals surface area (Å²) in [6.07, 6.45) is 0. The average molecular weight is 793 g/mol. The van der Waals surface area contributed by atoms with Crippen LogP contribution in [0.15, 0.2) is 188 Å². The number of benzene rings is 8. The molecular weight excluding hydrogens is 757 g/mol. The number of fused-ring (bicyclic) bond motifs is 2. The second-order valence-electron chi connectivity index (χ2n) is 13.5. The van der Waals surface area contributed by atoms with Crippen LogP contribution in [0.2, 0.25) is 0 Å². The number of hydrogen-bond acceptors (Lipinski definition) is 10. The lowest BCUT2D eigenvalue weighted by atomic mass is 10.0. The lowest BCUT2D eigenvalue weighted by Gasteiger charge is -2.11. The molecule has 0 atom stereocenters. The molecule has 12 heteroatoms. The fourth-order valence-electron chi connectivity index (χ4n) is 6.60. The van der Waals surface area contributed by atoms with E-state index in [2.05, 4.69) is 30.4 Å². The largest absolute Gasteiger partial charge is 0.508 e. The van der Waals surface area contributed by atoms with E-state index in [0.717, 1.165) is 32.7 Å². The second kappa shape index (κ2) is 17.0. The first kappa shape index (κ1) is 38.5. The fraction of sp³-hybridized carbons (Fsp3) is 0.0417.